The molecule has 0 aliphatic carbocycles. The molecule has 1 aliphatic rings. The summed E-state index contributed by atoms with van der Waals surface area (Å²) in [4.78, 5) is 10.6. The highest BCUT2D eigenvalue weighted by Crippen LogP contribution is 2.23. The van der Waals surface area contributed by atoms with E-state index in [-0.39, 0.29) is 4.90 Å². The van der Waals surface area contributed by atoms with E-state index in [1.54, 1.807) is 17.0 Å². The quantitative estimate of drug-likeness (QED) is 0.846. The zero-order valence-electron chi connectivity index (χ0n) is 13.0. The van der Waals surface area contributed by atoms with Gasteiger partial charge in [0, 0.05) is 31.2 Å². The molecule has 1 aliphatic heterocycles. The first kappa shape index (κ1) is 16.2. The summed E-state index contributed by atoms with van der Waals surface area (Å²) in [7, 11) is -1.67. The molecule has 3 rings (SSSR count). The van der Waals surface area contributed by atoms with Crippen LogP contribution in [0.3, 0.4) is 0 Å². The highest BCUT2D eigenvalue weighted by molar-refractivity contribution is 7.92. The van der Waals surface area contributed by atoms with Crippen molar-refractivity contribution in [3.8, 4) is 0 Å². The molecule has 0 aromatic carbocycles. The van der Waals surface area contributed by atoms with Gasteiger partial charge in [0.1, 0.15) is 10.7 Å². The number of nitrogens with zero attached hydrogens (tertiary/aromatic N) is 3. The van der Waals surface area contributed by atoms with Crippen molar-refractivity contribution in [3.63, 3.8) is 0 Å². The van der Waals surface area contributed by atoms with E-state index in [2.05, 4.69) is 24.9 Å². The summed E-state index contributed by atoms with van der Waals surface area (Å²) in [5.74, 6) is 1.14. The van der Waals surface area contributed by atoms with E-state index in [1.807, 2.05) is 14.0 Å². The molecule has 3 heterocycles. The summed E-state index contributed by atoms with van der Waals surface area (Å²) in [6, 6.07) is 2.03. The number of thiazole rings is 1. The lowest BCUT2D eigenvalue weighted by Crippen LogP contribution is -2.34. The third-order valence-electron chi connectivity index (χ3n) is 3.92. The Labute approximate surface area is 139 Å². The van der Waals surface area contributed by atoms with Crippen LogP contribution in [0, 0.1) is 6.92 Å². The average Bonchev–Trinajstić information content (AvgIpc) is 3.19. The Kier molecular flexibility index (Phi) is 4.51. The van der Waals surface area contributed by atoms with E-state index in [1.165, 1.54) is 17.5 Å². The Morgan fingerprint density at radius 3 is 2.87 bits per heavy atom. The number of aryl methyl sites for hydroxylation is 1. The zero-order chi connectivity index (χ0) is 16.4. The molecule has 1 atom stereocenters. The predicted molar refractivity (Wildman–Crippen MR) is 91.6 cm³/mol. The van der Waals surface area contributed by atoms with Crippen LogP contribution in [0.15, 0.2) is 28.0 Å². The van der Waals surface area contributed by atoms with Gasteiger partial charge in [-0.2, -0.15) is 0 Å². The maximum absolute atomic E-state index is 12.4. The molecule has 2 aromatic rings. The maximum Gasteiger partial charge on any atom is 0.264 e. The number of sulfonamides is 1. The van der Waals surface area contributed by atoms with Crippen LogP contribution in [0.1, 0.15) is 12.0 Å². The normalized spacial score (nSPS) is 18.1. The molecular formula is C14H19N5O2S2. The number of nitrogens with one attached hydrogen (secondary N) is 2. The molecule has 2 aromatic heterocycles. The van der Waals surface area contributed by atoms with Crippen molar-refractivity contribution < 1.29 is 8.42 Å². The van der Waals surface area contributed by atoms with Gasteiger partial charge in [-0.05, 0) is 31.5 Å². The molecule has 0 unspecified atom stereocenters. The molecular weight excluding hydrogens is 334 g/mol. The van der Waals surface area contributed by atoms with Crippen LogP contribution >= 0.6 is 11.3 Å². The van der Waals surface area contributed by atoms with Gasteiger partial charge in [0.05, 0.1) is 5.51 Å². The minimum atomic E-state index is -3.67. The number of aromatic nitrogens is 2. The van der Waals surface area contributed by atoms with E-state index in [4.69, 9.17) is 0 Å². The zero-order valence-corrected chi connectivity index (χ0v) is 14.6. The molecule has 7 nitrogen and oxygen atoms in total. The van der Waals surface area contributed by atoms with Gasteiger partial charge in [0.25, 0.3) is 10.0 Å². The lowest BCUT2D eigenvalue weighted by Gasteiger charge is -2.26. The topological polar surface area (TPSA) is 87.2 Å². The molecule has 0 bridgehead atoms. The molecule has 0 spiro atoms. The van der Waals surface area contributed by atoms with E-state index in [0.29, 0.717) is 11.9 Å². The van der Waals surface area contributed by atoms with Crippen LogP contribution < -0.4 is 14.9 Å². The van der Waals surface area contributed by atoms with Crippen molar-refractivity contribution in [1.82, 2.24) is 15.3 Å². The molecule has 0 radical (unpaired) electrons. The van der Waals surface area contributed by atoms with E-state index < -0.39 is 10.0 Å². The molecule has 2 N–H and O–H groups in total. The first-order chi connectivity index (χ1) is 11.0. The summed E-state index contributed by atoms with van der Waals surface area (Å²) in [5, 5.41) is 4.97. The fourth-order valence-corrected chi connectivity index (χ4v) is 4.25. The Bertz CT molecular complexity index is 770. The minimum absolute atomic E-state index is 0.143. The highest BCUT2D eigenvalue weighted by atomic mass is 32.2. The summed E-state index contributed by atoms with van der Waals surface area (Å²) < 4.78 is 27.2. The monoisotopic (exact) mass is 353 g/mol. The van der Waals surface area contributed by atoms with Crippen LogP contribution in [-0.4, -0.2) is 44.6 Å². The number of rotatable bonds is 5. The Balaban J connectivity index is 1.83. The molecule has 23 heavy (non-hydrogen) atoms. The third-order valence-corrected chi connectivity index (χ3v) is 5.83. The van der Waals surface area contributed by atoms with Gasteiger partial charge in [-0.1, -0.05) is 0 Å². The van der Waals surface area contributed by atoms with Gasteiger partial charge < -0.3 is 10.2 Å². The van der Waals surface area contributed by atoms with Crippen molar-refractivity contribution in [3.05, 3.63) is 28.7 Å². The van der Waals surface area contributed by atoms with E-state index >= 15 is 0 Å². The summed E-state index contributed by atoms with van der Waals surface area (Å²) in [6.45, 7) is 3.80. The summed E-state index contributed by atoms with van der Waals surface area (Å²) in [5.41, 5.74) is 2.41. The SMILES string of the molecule is Cc1cc(S(=O)(=O)Nc2cscn2)cnc1N(C)[C@H]1CCNC1. The van der Waals surface area contributed by atoms with Gasteiger partial charge in [-0.25, -0.2) is 18.4 Å². The largest absolute Gasteiger partial charge is 0.355 e. The van der Waals surface area contributed by atoms with E-state index in [9.17, 15) is 8.42 Å². The first-order valence-corrected chi connectivity index (χ1v) is 9.71. The van der Waals surface area contributed by atoms with Crippen molar-refractivity contribution in [1.29, 1.82) is 0 Å². The fraction of sp³-hybridized carbons (Fsp3) is 0.429. The van der Waals surface area contributed by atoms with Crippen molar-refractivity contribution in [2.24, 2.45) is 0 Å². The molecule has 0 amide bonds. The van der Waals surface area contributed by atoms with Crippen molar-refractivity contribution in [2.45, 2.75) is 24.3 Å². The second-order valence-electron chi connectivity index (χ2n) is 5.55. The Morgan fingerprint density at radius 2 is 2.26 bits per heavy atom. The van der Waals surface area contributed by atoms with Crippen LogP contribution in [0.5, 0.6) is 0 Å². The Morgan fingerprint density at radius 1 is 1.43 bits per heavy atom. The van der Waals surface area contributed by atoms with Gasteiger partial charge in [0.2, 0.25) is 0 Å². The summed E-state index contributed by atoms with van der Waals surface area (Å²) in [6.07, 6.45) is 2.46. The fourth-order valence-electron chi connectivity index (χ4n) is 2.66. The number of pyridine rings is 1. The third kappa shape index (κ3) is 3.46. The standard InChI is InChI=1S/C14H19N5O2S2/c1-10-5-12(23(20,21)18-13-8-22-9-17-13)7-16-14(10)19(2)11-3-4-15-6-11/h5,7-9,11,15,18H,3-4,6H2,1-2H3/t11-/m0/s1. The lowest BCUT2D eigenvalue weighted by molar-refractivity contribution is 0.600. The van der Waals surface area contributed by atoms with Gasteiger partial charge >= 0.3 is 0 Å². The van der Waals surface area contributed by atoms with E-state index in [0.717, 1.165) is 30.9 Å². The Hall–Kier alpha value is -1.71. The van der Waals surface area contributed by atoms with Gasteiger partial charge in [-0.3, -0.25) is 4.72 Å². The van der Waals surface area contributed by atoms with Gasteiger partial charge in [0.15, 0.2) is 5.82 Å². The van der Waals surface area contributed by atoms with Crippen LogP contribution in [0.25, 0.3) is 0 Å². The average molecular weight is 353 g/mol. The van der Waals surface area contributed by atoms with Crippen LogP contribution in [0.2, 0.25) is 0 Å². The van der Waals surface area contributed by atoms with Crippen molar-refractivity contribution >= 4 is 33.0 Å². The van der Waals surface area contributed by atoms with Crippen LogP contribution in [0.4, 0.5) is 11.6 Å². The molecule has 9 heteroatoms. The number of anilines is 2. The maximum atomic E-state index is 12.4. The first-order valence-electron chi connectivity index (χ1n) is 7.28. The van der Waals surface area contributed by atoms with Crippen LogP contribution in [-0.2, 0) is 10.0 Å². The number of hydrogen-bond donors (Lipinski definition) is 2. The molecule has 1 fully saturated rings. The molecule has 1 saturated heterocycles. The number of hydrogen-bond acceptors (Lipinski definition) is 7. The molecule has 0 saturated carbocycles. The second kappa shape index (κ2) is 6.42. The highest BCUT2D eigenvalue weighted by Gasteiger charge is 2.23. The number of likely N-dealkylation sites (N-methyl/N-ethyl adjacent to an activating group) is 1. The van der Waals surface area contributed by atoms with Gasteiger partial charge in [-0.15, -0.1) is 11.3 Å². The molecule has 124 valence electrons. The summed E-state index contributed by atoms with van der Waals surface area (Å²) >= 11 is 1.33. The lowest BCUT2D eigenvalue weighted by atomic mass is 10.2. The minimum Gasteiger partial charge on any atom is -0.355 e. The smallest absolute Gasteiger partial charge is 0.264 e. The second-order valence-corrected chi connectivity index (χ2v) is 7.95. The predicted octanol–water partition coefficient (Wildman–Crippen LogP) is 1.45. The van der Waals surface area contributed by atoms with Crippen molar-refractivity contribution in [2.75, 3.05) is 29.8 Å².